The minimum Gasteiger partial charge on any atom is -0.493 e. The number of hydrogen-bond acceptors (Lipinski definition) is 13. The number of ether oxygens (including phenoxy) is 4. The van der Waals surface area contributed by atoms with E-state index >= 15 is 0 Å². The molecule has 4 aromatic carbocycles. The van der Waals surface area contributed by atoms with Crippen molar-refractivity contribution >= 4 is 17.9 Å². The average Bonchev–Trinajstić information content (AvgIpc) is 0.762. The summed E-state index contributed by atoms with van der Waals surface area (Å²) in [5, 5.41) is 29.3. The van der Waals surface area contributed by atoms with Gasteiger partial charge < -0.3 is 34.3 Å². The highest BCUT2D eigenvalue weighted by Crippen LogP contribution is 2.45. The first-order chi connectivity index (χ1) is 46.9. The number of fused-ring (bicyclic) bond motifs is 8. The summed E-state index contributed by atoms with van der Waals surface area (Å²) in [6, 6.07) is 44.3. The normalized spacial score (nSPS) is 12.6. The molecule has 0 radical (unpaired) electrons. The third-order valence-electron chi connectivity index (χ3n) is 17.7. The van der Waals surface area contributed by atoms with Crippen LogP contribution < -0.4 is 18.9 Å². The summed E-state index contributed by atoms with van der Waals surface area (Å²) in [7, 11) is 0. The lowest BCUT2D eigenvalue weighted by molar-refractivity contribution is 0.0680. The summed E-state index contributed by atoms with van der Waals surface area (Å²) in [5.74, 6) is -0.433. The molecule has 1 aliphatic carbocycles. The molecule has 6 aromatic heterocycles. The van der Waals surface area contributed by atoms with Crippen LogP contribution in [0.5, 0.6) is 23.0 Å². The monoisotopic (exact) mass is 1330 g/mol. The van der Waals surface area contributed by atoms with Gasteiger partial charge in [-0.2, -0.15) is 0 Å². The van der Waals surface area contributed by atoms with Crippen LogP contribution in [0.1, 0.15) is 211 Å². The number of benzene rings is 4. The molecule has 0 saturated carbocycles. The van der Waals surface area contributed by atoms with Gasteiger partial charge in [0.2, 0.25) is 0 Å². The Balaban J connectivity index is 1.14. The molecule has 0 unspecified atom stereocenters. The molecule has 6 heterocycles. The highest BCUT2D eigenvalue weighted by atomic mass is 16.5. The smallest absolute Gasteiger partial charge is 0.354 e. The average molecular weight is 1330 g/mol. The molecule has 0 atom stereocenters. The van der Waals surface area contributed by atoms with E-state index in [1.54, 1.807) is 55.0 Å². The molecule has 99 heavy (non-hydrogen) atoms. The second-order valence-corrected chi connectivity index (χ2v) is 29.7. The summed E-state index contributed by atoms with van der Waals surface area (Å²) in [6.45, 7) is 29.9. The van der Waals surface area contributed by atoms with E-state index in [9.17, 15) is 29.7 Å². The molecule has 0 amide bonds. The maximum atomic E-state index is 12.0. The van der Waals surface area contributed by atoms with E-state index in [-0.39, 0.29) is 58.6 Å². The maximum absolute atomic E-state index is 12.0. The van der Waals surface area contributed by atoms with Crippen molar-refractivity contribution in [2.75, 3.05) is 6.61 Å². The van der Waals surface area contributed by atoms with Crippen LogP contribution in [0.3, 0.4) is 0 Å². The van der Waals surface area contributed by atoms with Crippen molar-refractivity contribution in [3.63, 3.8) is 0 Å². The van der Waals surface area contributed by atoms with Crippen molar-refractivity contribution in [1.29, 1.82) is 0 Å². The second kappa shape index (κ2) is 28.5. The van der Waals surface area contributed by atoms with Crippen LogP contribution in [0, 0.1) is 0 Å². The van der Waals surface area contributed by atoms with Crippen molar-refractivity contribution in [3.8, 4) is 57.2 Å². The molecular weight excluding hydrogens is 1240 g/mol. The van der Waals surface area contributed by atoms with Crippen molar-refractivity contribution in [1.82, 2.24) is 29.9 Å². The van der Waals surface area contributed by atoms with Gasteiger partial charge in [-0.1, -0.05) is 175 Å². The lowest BCUT2D eigenvalue weighted by atomic mass is 9.79. The van der Waals surface area contributed by atoms with Crippen molar-refractivity contribution < 1.29 is 48.7 Å². The summed E-state index contributed by atoms with van der Waals surface area (Å²) in [5.41, 5.74) is 16.0. The Labute approximate surface area is 579 Å². The van der Waals surface area contributed by atoms with Crippen LogP contribution in [0.2, 0.25) is 0 Å². The lowest BCUT2D eigenvalue weighted by Crippen LogP contribution is -2.18. The number of rotatable bonds is 18. The molecule has 0 aliphatic heterocycles. The van der Waals surface area contributed by atoms with Crippen LogP contribution >= 0.6 is 0 Å². The van der Waals surface area contributed by atoms with E-state index < -0.39 is 17.9 Å². The highest BCUT2D eigenvalue weighted by Gasteiger charge is 2.30. The molecule has 0 fully saturated rings. The highest BCUT2D eigenvalue weighted by molar-refractivity contribution is 5.87. The molecule has 11 rings (SSSR count). The number of pyridine rings is 6. The van der Waals surface area contributed by atoms with Gasteiger partial charge in [0.05, 0.1) is 40.8 Å². The van der Waals surface area contributed by atoms with E-state index in [0.717, 1.165) is 107 Å². The van der Waals surface area contributed by atoms with E-state index in [1.165, 1.54) is 18.2 Å². The minimum atomic E-state index is -1.13. The zero-order valence-corrected chi connectivity index (χ0v) is 58.8. The van der Waals surface area contributed by atoms with Crippen LogP contribution in [0.15, 0.2) is 158 Å². The standard InChI is InChI=1S/C83H86N6O10/c1-14-30-96-73-52-31-54-37-61(81(5,6)7)39-56(74(54)97-46-49-24-27-64(84-43-49)67-18-15-21-70(87-67)77(90)91)33-58-41-63(83(11,12)13)42-59(76(58)99-48-51-26-29-66(86-45-51)69-20-17-23-72(89-69)79(94)95)34-57-40-62(82(8,9)10)38-55(32-53(73)36-60(35-52)80(2,3)4)75(57)98-47-50-25-28-65(85-44-50)68-19-16-22-71(88-68)78(92)93/h15-29,35-45H,14,30-34,46-48H2,1-13H3,(H,90,91)(H,92,93)(H,94,95). The summed E-state index contributed by atoms with van der Waals surface area (Å²) < 4.78 is 29.2. The lowest BCUT2D eigenvalue weighted by Gasteiger charge is -2.29. The van der Waals surface area contributed by atoms with E-state index in [1.807, 2.05) is 36.4 Å². The van der Waals surface area contributed by atoms with Gasteiger partial charge in [-0.3, -0.25) is 15.0 Å². The van der Waals surface area contributed by atoms with Crippen LogP contribution in [-0.2, 0) is 67.2 Å². The predicted molar refractivity (Wildman–Crippen MR) is 384 cm³/mol. The molecule has 10 aromatic rings. The number of aromatic nitrogens is 6. The molecule has 0 saturated heterocycles. The van der Waals surface area contributed by atoms with Crippen molar-refractivity contribution in [3.05, 3.63) is 259 Å². The number of carboxylic acid groups (broad SMARTS) is 3. The Bertz CT molecular complexity index is 4450. The summed E-state index contributed by atoms with van der Waals surface area (Å²) >= 11 is 0. The minimum absolute atomic E-state index is 0.0697. The van der Waals surface area contributed by atoms with Gasteiger partial charge in [-0.15, -0.1) is 0 Å². The fraction of sp³-hybridized carbons (Fsp3) is 0.313. The number of hydrogen-bond donors (Lipinski definition) is 3. The first kappa shape index (κ1) is 69.7. The van der Waals surface area contributed by atoms with Gasteiger partial charge in [-0.05, 0) is 149 Å². The molecular formula is C83H86N6O10. The fourth-order valence-electron chi connectivity index (χ4n) is 12.1. The fourth-order valence-corrected chi connectivity index (χ4v) is 12.1. The zero-order valence-electron chi connectivity index (χ0n) is 58.8. The number of aromatic carboxylic acids is 3. The van der Waals surface area contributed by atoms with Gasteiger partial charge in [-0.25, -0.2) is 29.3 Å². The second-order valence-electron chi connectivity index (χ2n) is 29.7. The molecule has 16 heteroatoms. The number of carboxylic acids is 3. The topological polar surface area (TPSA) is 226 Å². The Hall–Kier alpha value is -10.6. The SMILES string of the molecule is CCCOc1c2cc(C(C)(C)C)cc1Cc1cc(C(C)(C)C)cc(c1OCc1ccc(-c3cccc(C(=O)O)n3)nc1)Cc1cc(C(C)(C)C)cc(c1OCc1ccc(-c3cccc(C(=O)O)n3)nc1)Cc1cc(C(C)(C)C)cc(c1OCc1ccc(-c3cccc(C(=O)O)n3)nc1)C2. The van der Waals surface area contributed by atoms with Crippen molar-refractivity contribution in [2.24, 2.45) is 0 Å². The van der Waals surface area contributed by atoms with E-state index in [4.69, 9.17) is 33.9 Å². The van der Waals surface area contributed by atoms with Crippen LogP contribution in [-0.4, -0.2) is 69.7 Å². The third-order valence-corrected chi connectivity index (χ3v) is 17.7. The first-order valence-corrected chi connectivity index (χ1v) is 33.6. The van der Waals surface area contributed by atoms with Gasteiger partial charge in [0.1, 0.15) is 59.9 Å². The molecule has 0 spiro atoms. The number of nitrogens with zero attached hydrogens (tertiary/aromatic N) is 6. The molecule has 508 valence electrons. The molecule has 1 aliphatic rings. The van der Waals surface area contributed by atoms with E-state index in [0.29, 0.717) is 72.2 Å². The number of carbonyl (C=O) groups is 3. The van der Waals surface area contributed by atoms with Crippen LogP contribution in [0.4, 0.5) is 0 Å². The zero-order chi connectivity index (χ0) is 70.7. The van der Waals surface area contributed by atoms with Gasteiger partial charge in [0.25, 0.3) is 0 Å². The largest absolute Gasteiger partial charge is 0.493 e. The Morgan fingerprint density at radius 3 is 0.788 bits per heavy atom. The van der Waals surface area contributed by atoms with Gasteiger partial charge in [0.15, 0.2) is 0 Å². The van der Waals surface area contributed by atoms with Crippen molar-refractivity contribution in [2.45, 2.75) is 164 Å². The summed E-state index contributed by atoms with van der Waals surface area (Å²) in [4.78, 5) is 63.3. The molecule has 8 bridgehead atoms. The van der Waals surface area contributed by atoms with Gasteiger partial charge >= 0.3 is 17.9 Å². The first-order valence-electron chi connectivity index (χ1n) is 33.6. The Morgan fingerprint density at radius 2 is 0.586 bits per heavy atom. The molecule has 3 N–H and O–H groups in total. The quantitative estimate of drug-likeness (QED) is 0.0726. The maximum Gasteiger partial charge on any atom is 0.354 e. The summed E-state index contributed by atoms with van der Waals surface area (Å²) in [6.07, 6.45) is 7.68. The van der Waals surface area contributed by atoms with Gasteiger partial charge in [0, 0.05) is 61.0 Å². The predicted octanol–water partition coefficient (Wildman–Crippen LogP) is 17.5. The van der Waals surface area contributed by atoms with Crippen LogP contribution in [0.25, 0.3) is 34.2 Å². The Kier molecular flexibility index (Phi) is 20.0. The Morgan fingerprint density at radius 1 is 0.343 bits per heavy atom. The van der Waals surface area contributed by atoms with E-state index in [2.05, 4.69) is 153 Å². The molecule has 16 nitrogen and oxygen atoms in total. The third kappa shape index (κ3) is 16.5.